The first-order valence-electron chi connectivity index (χ1n) is 13.6. The molecule has 1 aromatic carbocycles. The van der Waals surface area contributed by atoms with Crippen LogP contribution in [0.2, 0.25) is 0 Å². The molecule has 0 aliphatic carbocycles. The number of carbonyl (C=O) groups is 2. The Morgan fingerprint density at radius 1 is 0.900 bits per heavy atom. The normalized spacial score (nSPS) is 12.8. The molecule has 0 N–H and O–H groups in total. The summed E-state index contributed by atoms with van der Waals surface area (Å²) < 4.78 is 20.0. The van der Waals surface area contributed by atoms with Gasteiger partial charge in [-0.05, 0) is 48.4 Å². The van der Waals surface area contributed by atoms with E-state index in [0.29, 0.717) is 44.0 Å². The Morgan fingerprint density at radius 2 is 1.52 bits per heavy atom. The summed E-state index contributed by atoms with van der Waals surface area (Å²) in [6.45, 7) is 16.6. The molecule has 0 spiro atoms. The number of aromatic nitrogens is 6. The third-order valence-electron chi connectivity index (χ3n) is 6.02. The van der Waals surface area contributed by atoms with Crippen molar-refractivity contribution in [2.75, 3.05) is 19.8 Å². The summed E-state index contributed by atoms with van der Waals surface area (Å²) in [5, 5.41) is 17.0. The van der Waals surface area contributed by atoms with Gasteiger partial charge in [-0.1, -0.05) is 52.0 Å². The zero-order chi connectivity index (χ0) is 29.3. The average molecular weight is 555 g/mol. The predicted molar refractivity (Wildman–Crippen MR) is 149 cm³/mol. The number of carbonyl (C=O) groups excluding carboxylic acids is 2. The van der Waals surface area contributed by atoms with Crippen LogP contribution >= 0.6 is 0 Å². The standard InChI is InChI=1S/C29H42N6O5/c1-21(36)40-25-10-8-23(9-11-25)27(37)39-20-22(17-28(2,3)4)16-24-18-34(32-30-24)12-14-38-15-13-35-19-26(31-33-35)29(5,6)7/h8-11,18-19,22H,12-17,20H2,1-7H3. The van der Waals surface area contributed by atoms with Crippen molar-refractivity contribution < 1.29 is 23.8 Å². The smallest absolute Gasteiger partial charge is 0.338 e. The van der Waals surface area contributed by atoms with Crippen molar-refractivity contribution in [3.05, 3.63) is 53.6 Å². The first-order chi connectivity index (χ1) is 18.8. The Bertz CT molecular complexity index is 1240. The molecular weight excluding hydrogens is 512 g/mol. The molecule has 218 valence electrons. The third-order valence-corrected chi connectivity index (χ3v) is 6.02. The Balaban J connectivity index is 1.46. The summed E-state index contributed by atoms with van der Waals surface area (Å²) in [6, 6.07) is 6.32. The second-order valence-corrected chi connectivity index (χ2v) is 12.3. The van der Waals surface area contributed by atoms with Crippen LogP contribution in [0.15, 0.2) is 36.7 Å². The number of hydrogen-bond acceptors (Lipinski definition) is 9. The van der Waals surface area contributed by atoms with Crippen LogP contribution in [0, 0.1) is 11.3 Å². The van der Waals surface area contributed by atoms with Crippen molar-refractivity contribution in [2.45, 2.75) is 79.8 Å². The molecule has 0 amide bonds. The first-order valence-corrected chi connectivity index (χ1v) is 13.6. The van der Waals surface area contributed by atoms with Gasteiger partial charge >= 0.3 is 11.9 Å². The molecule has 11 nitrogen and oxygen atoms in total. The van der Waals surface area contributed by atoms with Gasteiger partial charge in [0.25, 0.3) is 0 Å². The zero-order valence-electron chi connectivity index (χ0n) is 24.7. The summed E-state index contributed by atoms with van der Waals surface area (Å²) in [6.07, 6.45) is 5.36. The number of ether oxygens (including phenoxy) is 3. The first kappa shape index (κ1) is 30.9. The van der Waals surface area contributed by atoms with Gasteiger partial charge in [0.2, 0.25) is 0 Å². The summed E-state index contributed by atoms with van der Waals surface area (Å²) >= 11 is 0. The fourth-order valence-corrected chi connectivity index (χ4v) is 4.16. The van der Waals surface area contributed by atoms with Crippen LogP contribution in [-0.2, 0) is 39.2 Å². The molecular formula is C29H42N6O5. The van der Waals surface area contributed by atoms with E-state index in [1.54, 1.807) is 33.6 Å². The van der Waals surface area contributed by atoms with E-state index in [0.717, 1.165) is 17.8 Å². The molecule has 0 fully saturated rings. The van der Waals surface area contributed by atoms with Crippen molar-refractivity contribution in [2.24, 2.45) is 11.3 Å². The molecule has 11 heteroatoms. The van der Waals surface area contributed by atoms with Crippen molar-refractivity contribution in [3.8, 4) is 5.75 Å². The van der Waals surface area contributed by atoms with Crippen LogP contribution in [0.3, 0.4) is 0 Å². The minimum atomic E-state index is -0.422. The SMILES string of the molecule is CC(=O)Oc1ccc(C(=O)OCC(Cc2cn(CCOCCn3cc(C(C)(C)C)nn3)nn2)CC(C)(C)C)cc1. The van der Waals surface area contributed by atoms with Gasteiger partial charge in [0.05, 0.1) is 49.9 Å². The highest BCUT2D eigenvalue weighted by molar-refractivity contribution is 5.89. The van der Waals surface area contributed by atoms with Crippen LogP contribution in [0.4, 0.5) is 0 Å². The number of benzene rings is 1. The maximum atomic E-state index is 12.6. The molecule has 3 rings (SSSR count). The van der Waals surface area contributed by atoms with Gasteiger partial charge in [0.15, 0.2) is 0 Å². The van der Waals surface area contributed by atoms with Crippen LogP contribution < -0.4 is 4.74 Å². The van der Waals surface area contributed by atoms with Crippen LogP contribution in [0.25, 0.3) is 0 Å². The number of nitrogens with zero attached hydrogens (tertiary/aromatic N) is 6. The van der Waals surface area contributed by atoms with Crippen molar-refractivity contribution in [1.82, 2.24) is 30.0 Å². The highest BCUT2D eigenvalue weighted by atomic mass is 16.5. The van der Waals surface area contributed by atoms with Gasteiger partial charge in [0, 0.05) is 24.7 Å². The van der Waals surface area contributed by atoms with E-state index >= 15 is 0 Å². The quantitative estimate of drug-likeness (QED) is 0.173. The molecule has 0 aliphatic heterocycles. The lowest BCUT2D eigenvalue weighted by atomic mass is 9.83. The van der Waals surface area contributed by atoms with E-state index in [4.69, 9.17) is 14.2 Å². The largest absolute Gasteiger partial charge is 0.462 e. The summed E-state index contributed by atoms with van der Waals surface area (Å²) in [5.74, 6) is -0.378. The molecule has 3 aromatic rings. The van der Waals surface area contributed by atoms with E-state index in [1.807, 2.05) is 12.4 Å². The summed E-state index contributed by atoms with van der Waals surface area (Å²) in [4.78, 5) is 23.7. The monoisotopic (exact) mass is 554 g/mol. The van der Waals surface area contributed by atoms with E-state index in [2.05, 4.69) is 62.2 Å². The van der Waals surface area contributed by atoms with Gasteiger partial charge in [-0.15, -0.1) is 10.2 Å². The predicted octanol–water partition coefficient (Wildman–Crippen LogP) is 4.26. The molecule has 0 bridgehead atoms. The van der Waals surface area contributed by atoms with Gasteiger partial charge < -0.3 is 14.2 Å². The molecule has 0 radical (unpaired) electrons. The molecule has 40 heavy (non-hydrogen) atoms. The maximum absolute atomic E-state index is 12.6. The van der Waals surface area contributed by atoms with Gasteiger partial charge in [-0.3, -0.25) is 4.79 Å². The van der Waals surface area contributed by atoms with E-state index in [-0.39, 0.29) is 23.4 Å². The third kappa shape index (κ3) is 10.5. The summed E-state index contributed by atoms with van der Waals surface area (Å²) in [7, 11) is 0. The van der Waals surface area contributed by atoms with Gasteiger partial charge in [-0.2, -0.15) is 0 Å². The van der Waals surface area contributed by atoms with Crippen LogP contribution in [0.5, 0.6) is 5.75 Å². The molecule has 0 saturated heterocycles. The Hall–Kier alpha value is -3.60. The average Bonchev–Trinajstić information content (AvgIpc) is 3.51. The van der Waals surface area contributed by atoms with Crippen molar-refractivity contribution in [1.29, 1.82) is 0 Å². The second kappa shape index (κ2) is 13.6. The summed E-state index contributed by atoms with van der Waals surface area (Å²) in [5.41, 5.74) is 2.21. The second-order valence-electron chi connectivity index (χ2n) is 12.3. The molecule has 2 heterocycles. The fourth-order valence-electron chi connectivity index (χ4n) is 4.16. The Morgan fingerprint density at radius 3 is 2.10 bits per heavy atom. The maximum Gasteiger partial charge on any atom is 0.338 e. The van der Waals surface area contributed by atoms with Gasteiger partial charge in [-0.25, -0.2) is 14.2 Å². The lowest BCUT2D eigenvalue weighted by Crippen LogP contribution is -2.22. The number of esters is 2. The van der Waals surface area contributed by atoms with Crippen molar-refractivity contribution in [3.63, 3.8) is 0 Å². The van der Waals surface area contributed by atoms with Gasteiger partial charge in [0.1, 0.15) is 5.75 Å². The lowest BCUT2D eigenvalue weighted by Gasteiger charge is -2.25. The molecule has 0 aliphatic rings. The van der Waals surface area contributed by atoms with Crippen molar-refractivity contribution >= 4 is 11.9 Å². The molecule has 1 atom stereocenters. The molecule has 0 saturated carbocycles. The van der Waals surface area contributed by atoms with E-state index in [9.17, 15) is 9.59 Å². The van der Waals surface area contributed by atoms with E-state index < -0.39 is 11.9 Å². The minimum absolute atomic E-state index is 0.0305. The highest BCUT2D eigenvalue weighted by Gasteiger charge is 2.23. The minimum Gasteiger partial charge on any atom is -0.462 e. The van der Waals surface area contributed by atoms with E-state index in [1.165, 1.54) is 6.92 Å². The van der Waals surface area contributed by atoms with Crippen LogP contribution in [-0.4, -0.2) is 61.7 Å². The topological polar surface area (TPSA) is 123 Å². The van der Waals surface area contributed by atoms with Crippen LogP contribution in [0.1, 0.15) is 76.6 Å². The lowest BCUT2D eigenvalue weighted by molar-refractivity contribution is -0.131. The zero-order valence-corrected chi connectivity index (χ0v) is 24.7. The Kier molecular flexibility index (Phi) is 10.6. The molecule has 1 unspecified atom stereocenters. The number of hydrogen-bond donors (Lipinski definition) is 0. The Labute approximate surface area is 236 Å². The highest BCUT2D eigenvalue weighted by Crippen LogP contribution is 2.27. The molecule has 2 aromatic heterocycles. The fraction of sp³-hybridized carbons (Fsp3) is 0.586. The number of rotatable bonds is 13.